The summed E-state index contributed by atoms with van der Waals surface area (Å²) < 4.78 is 14.0. The monoisotopic (exact) mass is 554 g/mol. The van der Waals surface area contributed by atoms with E-state index in [9.17, 15) is 10.1 Å². The Morgan fingerprint density at radius 3 is 2.29 bits per heavy atom. The Bertz CT molecular complexity index is 1280. The van der Waals surface area contributed by atoms with Crippen molar-refractivity contribution in [3.8, 4) is 17.2 Å². The van der Waals surface area contributed by atoms with Gasteiger partial charge in [0.2, 0.25) is 6.54 Å². The highest BCUT2D eigenvalue weighted by atomic mass is 79.9. The van der Waals surface area contributed by atoms with Gasteiger partial charge in [0.05, 0.1) is 7.11 Å². The Morgan fingerprint density at radius 1 is 1.00 bits per heavy atom. The predicted molar refractivity (Wildman–Crippen MR) is 138 cm³/mol. The number of methoxy groups -OCH3 is 1. The molecule has 0 aliphatic heterocycles. The minimum Gasteiger partial charge on any atom is -0.497 e. The van der Waals surface area contributed by atoms with Gasteiger partial charge in [0.1, 0.15) is 29.2 Å². The van der Waals surface area contributed by atoms with E-state index in [-0.39, 0.29) is 11.5 Å². The zero-order valence-electron chi connectivity index (χ0n) is 19.1. The van der Waals surface area contributed by atoms with Crippen LogP contribution in [0.2, 0.25) is 0 Å². The van der Waals surface area contributed by atoms with Gasteiger partial charge in [0.25, 0.3) is 0 Å². The van der Waals surface area contributed by atoms with Gasteiger partial charge in [-0.15, -0.1) is 10.2 Å². The maximum absolute atomic E-state index is 11.5. The standard InChI is InChI=1S/C25H23BrN4O4S/c1-17-27-28-25(30(17)21-9-13-22(33-2)14-10-21)35-24(15-29(31)32)19-5-11-23(12-6-19)34-16-18-3-7-20(26)8-4-18/h3-14,24H,15-16H2,1-2H3/t24-/m1/s1. The first kappa shape index (κ1) is 24.7. The normalized spacial score (nSPS) is 11.7. The lowest BCUT2D eigenvalue weighted by atomic mass is 10.1. The van der Waals surface area contributed by atoms with E-state index in [1.807, 2.05) is 84.3 Å². The molecule has 10 heteroatoms. The van der Waals surface area contributed by atoms with Crippen LogP contribution in [0.15, 0.2) is 82.4 Å². The molecule has 4 rings (SSSR count). The van der Waals surface area contributed by atoms with E-state index in [0.717, 1.165) is 27.0 Å². The molecule has 0 aliphatic rings. The molecule has 0 fully saturated rings. The topological polar surface area (TPSA) is 92.3 Å². The molecule has 3 aromatic carbocycles. The van der Waals surface area contributed by atoms with Gasteiger partial charge in [-0.25, -0.2) is 0 Å². The molecular weight excluding hydrogens is 532 g/mol. The van der Waals surface area contributed by atoms with Crippen LogP contribution in [0.4, 0.5) is 0 Å². The summed E-state index contributed by atoms with van der Waals surface area (Å²) >= 11 is 4.73. The van der Waals surface area contributed by atoms with Gasteiger partial charge in [-0.2, -0.15) is 0 Å². The van der Waals surface area contributed by atoms with E-state index < -0.39 is 5.25 Å². The van der Waals surface area contributed by atoms with E-state index in [2.05, 4.69) is 26.1 Å². The van der Waals surface area contributed by atoms with Gasteiger partial charge < -0.3 is 9.47 Å². The molecule has 1 atom stereocenters. The van der Waals surface area contributed by atoms with Crippen LogP contribution in [0.5, 0.6) is 11.5 Å². The molecule has 0 amide bonds. The quantitative estimate of drug-likeness (QED) is 0.134. The minimum atomic E-state index is -0.453. The van der Waals surface area contributed by atoms with Crippen LogP contribution in [0.3, 0.4) is 0 Å². The maximum Gasteiger partial charge on any atom is 0.220 e. The lowest BCUT2D eigenvalue weighted by Gasteiger charge is -2.15. The summed E-state index contributed by atoms with van der Waals surface area (Å²) in [6, 6.07) is 22.8. The molecule has 0 bridgehead atoms. The van der Waals surface area contributed by atoms with Crippen LogP contribution in [-0.4, -0.2) is 33.3 Å². The lowest BCUT2D eigenvalue weighted by molar-refractivity contribution is -0.479. The fourth-order valence-electron chi connectivity index (χ4n) is 3.45. The molecule has 0 unspecified atom stereocenters. The summed E-state index contributed by atoms with van der Waals surface area (Å²) in [4.78, 5) is 11.2. The fourth-order valence-corrected chi connectivity index (χ4v) is 4.89. The molecular formula is C25H23BrN4O4S. The number of aromatic nitrogens is 3. The van der Waals surface area contributed by atoms with E-state index in [1.165, 1.54) is 11.8 Å². The minimum absolute atomic E-state index is 0.252. The second-order valence-electron chi connectivity index (χ2n) is 7.67. The predicted octanol–water partition coefficient (Wildman–Crippen LogP) is 6.04. The molecule has 8 nitrogen and oxygen atoms in total. The summed E-state index contributed by atoms with van der Waals surface area (Å²) in [6.45, 7) is 2.03. The van der Waals surface area contributed by atoms with Crippen LogP contribution in [-0.2, 0) is 6.61 Å². The second-order valence-corrected chi connectivity index (χ2v) is 9.75. The fraction of sp³-hybridized carbons (Fsp3) is 0.200. The van der Waals surface area contributed by atoms with Crippen LogP contribution in [0.25, 0.3) is 5.69 Å². The second kappa shape index (κ2) is 11.4. The molecule has 180 valence electrons. The zero-order chi connectivity index (χ0) is 24.8. The SMILES string of the molecule is COc1ccc(-n2c(C)nnc2S[C@H](C[N+](=O)[O-])c2ccc(OCc3ccc(Br)cc3)cc2)cc1. The van der Waals surface area contributed by atoms with E-state index in [1.54, 1.807) is 7.11 Å². The number of nitro groups is 1. The number of hydrogen-bond donors (Lipinski definition) is 0. The summed E-state index contributed by atoms with van der Waals surface area (Å²) in [6.07, 6.45) is 0. The molecule has 0 N–H and O–H groups in total. The average Bonchev–Trinajstić information content (AvgIpc) is 3.23. The first-order valence-electron chi connectivity index (χ1n) is 10.7. The Morgan fingerprint density at radius 2 is 1.66 bits per heavy atom. The van der Waals surface area contributed by atoms with Crippen molar-refractivity contribution >= 4 is 27.7 Å². The van der Waals surface area contributed by atoms with Crippen molar-refractivity contribution in [1.29, 1.82) is 0 Å². The first-order chi connectivity index (χ1) is 16.9. The first-order valence-corrected chi connectivity index (χ1v) is 12.4. The third-order valence-corrected chi connectivity index (χ3v) is 6.97. The van der Waals surface area contributed by atoms with Crippen molar-refractivity contribution in [3.63, 3.8) is 0 Å². The molecule has 1 heterocycles. The van der Waals surface area contributed by atoms with Crippen LogP contribution in [0.1, 0.15) is 22.2 Å². The van der Waals surface area contributed by atoms with Crippen LogP contribution >= 0.6 is 27.7 Å². The number of aryl methyl sites for hydroxylation is 1. The summed E-state index contributed by atoms with van der Waals surface area (Å²) in [5.74, 6) is 2.12. The Hall–Kier alpha value is -3.37. The van der Waals surface area contributed by atoms with Gasteiger partial charge in [-0.1, -0.05) is 52.0 Å². The Labute approximate surface area is 215 Å². The number of ether oxygens (including phenoxy) is 2. The number of halogens is 1. The van der Waals surface area contributed by atoms with E-state index in [0.29, 0.717) is 23.3 Å². The molecule has 0 radical (unpaired) electrons. The third kappa shape index (κ3) is 6.40. The number of benzene rings is 3. The summed E-state index contributed by atoms with van der Waals surface area (Å²) in [7, 11) is 1.61. The Kier molecular flexibility index (Phi) is 8.04. The van der Waals surface area contributed by atoms with Gasteiger partial charge >= 0.3 is 0 Å². The van der Waals surface area contributed by atoms with Crippen molar-refractivity contribution < 1.29 is 14.4 Å². The molecule has 1 aromatic heterocycles. The average molecular weight is 555 g/mol. The van der Waals surface area contributed by atoms with Crippen molar-refractivity contribution in [2.24, 2.45) is 0 Å². The highest BCUT2D eigenvalue weighted by Gasteiger charge is 2.24. The zero-order valence-corrected chi connectivity index (χ0v) is 21.5. The molecule has 0 aliphatic carbocycles. The maximum atomic E-state index is 11.5. The number of rotatable bonds is 10. The van der Waals surface area contributed by atoms with Crippen molar-refractivity contribution in [1.82, 2.24) is 14.8 Å². The molecule has 35 heavy (non-hydrogen) atoms. The van der Waals surface area contributed by atoms with E-state index >= 15 is 0 Å². The van der Waals surface area contributed by atoms with Crippen molar-refractivity contribution in [3.05, 3.63) is 104 Å². The summed E-state index contributed by atoms with van der Waals surface area (Å²) in [5, 5.41) is 20.1. The molecule has 4 aromatic rings. The van der Waals surface area contributed by atoms with Gasteiger partial charge in [-0.3, -0.25) is 14.7 Å². The molecule has 0 saturated carbocycles. The molecule has 0 spiro atoms. The largest absolute Gasteiger partial charge is 0.497 e. The van der Waals surface area contributed by atoms with Gasteiger partial charge in [0.15, 0.2) is 5.16 Å². The Balaban J connectivity index is 1.52. The van der Waals surface area contributed by atoms with E-state index in [4.69, 9.17) is 9.47 Å². The summed E-state index contributed by atoms with van der Waals surface area (Å²) in [5.41, 5.74) is 2.71. The van der Waals surface area contributed by atoms with Crippen LogP contribution in [0, 0.1) is 17.0 Å². The number of nitrogens with zero attached hydrogens (tertiary/aromatic N) is 4. The van der Waals surface area contributed by atoms with Crippen molar-refractivity contribution in [2.75, 3.05) is 13.7 Å². The smallest absolute Gasteiger partial charge is 0.220 e. The van der Waals surface area contributed by atoms with Crippen molar-refractivity contribution in [2.45, 2.75) is 23.9 Å². The molecule has 0 saturated heterocycles. The third-order valence-electron chi connectivity index (χ3n) is 5.26. The van der Waals surface area contributed by atoms with Gasteiger partial charge in [-0.05, 0) is 66.6 Å². The van der Waals surface area contributed by atoms with Crippen LogP contribution < -0.4 is 9.47 Å². The number of thioether (sulfide) groups is 1. The highest BCUT2D eigenvalue weighted by molar-refractivity contribution is 9.10. The lowest BCUT2D eigenvalue weighted by Crippen LogP contribution is -2.11. The number of hydrogen-bond acceptors (Lipinski definition) is 7. The van der Waals surface area contributed by atoms with Gasteiger partial charge in [0, 0.05) is 15.1 Å². The highest BCUT2D eigenvalue weighted by Crippen LogP contribution is 2.36.